The summed E-state index contributed by atoms with van der Waals surface area (Å²) < 4.78 is 5.15. The summed E-state index contributed by atoms with van der Waals surface area (Å²) in [6.07, 6.45) is 4.22. The fourth-order valence-corrected chi connectivity index (χ4v) is 3.12. The van der Waals surface area contributed by atoms with Crippen LogP contribution in [0.5, 0.6) is 5.75 Å². The third kappa shape index (κ3) is 2.04. The lowest BCUT2D eigenvalue weighted by molar-refractivity contribution is -0.880. The van der Waals surface area contributed by atoms with Crippen molar-refractivity contribution in [1.29, 1.82) is 0 Å². The minimum absolute atomic E-state index is 0.246. The first-order valence-corrected chi connectivity index (χ1v) is 6.66. The highest BCUT2D eigenvalue weighted by Gasteiger charge is 2.40. The molecule has 2 bridgehead atoms. The molecule has 1 aromatic carbocycles. The van der Waals surface area contributed by atoms with Gasteiger partial charge in [0, 0.05) is 24.8 Å². The third-order valence-corrected chi connectivity index (χ3v) is 4.25. The monoisotopic (exact) mass is 246 g/mol. The molecule has 1 atom stereocenters. The van der Waals surface area contributed by atoms with Gasteiger partial charge in [0.1, 0.15) is 17.6 Å². The highest BCUT2D eigenvalue weighted by Crippen LogP contribution is 2.25. The van der Waals surface area contributed by atoms with Crippen LogP contribution < -0.4 is 9.64 Å². The quantitative estimate of drug-likeness (QED) is 0.805. The summed E-state index contributed by atoms with van der Waals surface area (Å²) in [4.78, 5) is 1.46. The Bertz CT molecular complexity index is 440. The highest BCUT2D eigenvalue weighted by molar-refractivity contribution is 5.53. The number of hydrogen-bond acceptors (Lipinski definition) is 2. The maximum absolute atomic E-state index is 10.3. The van der Waals surface area contributed by atoms with Gasteiger partial charge in [-0.25, -0.2) is 0 Å². The van der Waals surface area contributed by atoms with E-state index in [-0.39, 0.29) is 6.10 Å². The lowest BCUT2D eigenvalue weighted by atomic mass is 9.83. The van der Waals surface area contributed by atoms with E-state index in [9.17, 15) is 5.11 Å². The van der Waals surface area contributed by atoms with Crippen molar-refractivity contribution in [2.24, 2.45) is 5.92 Å². The molecule has 0 amide bonds. The Morgan fingerprint density at radius 3 is 2.44 bits per heavy atom. The van der Waals surface area contributed by atoms with Crippen LogP contribution in [-0.2, 0) is 0 Å². The second-order valence-electron chi connectivity index (χ2n) is 5.26. The molecule has 3 fully saturated rings. The first kappa shape index (κ1) is 11.8. The number of rotatable bonds is 2. The van der Waals surface area contributed by atoms with E-state index in [1.54, 1.807) is 7.11 Å². The maximum atomic E-state index is 10.3. The molecule has 1 unspecified atom stereocenters. The van der Waals surface area contributed by atoms with Crippen LogP contribution in [0.4, 0.5) is 0 Å². The number of hydrogen-bond donors (Lipinski definition) is 2. The van der Waals surface area contributed by atoms with Crippen LogP contribution in [0, 0.1) is 5.92 Å². The van der Waals surface area contributed by atoms with E-state index in [1.165, 1.54) is 23.7 Å². The summed E-state index contributed by atoms with van der Waals surface area (Å²) in [6.45, 7) is 2.34. The largest absolute Gasteiger partial charge is 0.497 e. The highest BCUT2D eigenvalue weighted by atomic mass is 16.5. The number of quaternary nitrogens is 1. The molecule has 18 heavy (non-hydrogen) atoms. The average molecular weight is 246 g/mol. The summed E-state index contributed by atoms with van der Waals surface area (Å²) >= 11 is 0. The van der Waals surface area contributed by atoms with Crippen molar-refractivity contribution in [1.82, 2.24) is 0 Å². The third-order valence-electron chi connectivity index (χ3n) is 4.25. The van der Waals surface area contributed by atoms with Gasteiger partial charge in [-0.15, -0.1) is 0 Å². The van der Waals surface area contributed by atoms with E-state index in [0.717, 1.165) is 24.2 Å². The Kier molecular flexibility index (Phi) is 3.10. The number of fused-ring (bicyclic) bond motifs is 3. The van der Waals surface area contributed by atoms with Crippen molar-refractivity contribution in [2.45, 2.75) is 18.9 Å². The Morgan fingerprint density at radius 2 is 1.89 bits per heavy atom. The van der Waals surface area contributed by atoms with Gasteiger partial charge in [-0.05, 0) is 17.7 Å². The minimum Gasteiger partial charge on any atom is -0.497 e. The molecule has 0 aliphatic carbocycles. The molecule has 3 heteroatoms. The second-order valence-corrected chi connectivity index (χ2v) is 5.26. The van der Waals surface area contributed by atoms with Crippen molar-refractivity contribution < 1.29 is 14.7 Å². The lowest BCUT2D eigenvalue weighted by Crippen LogP contribution is -3.14. The molecular formula is C15H20NO2+. The van der Waals surface area contributed by atoms with Gasteiger partial charge in [-0.1, -0.05) is 12.1 Å². The zero-order valence-corrected chi connectivity index (χ0v) is 10.7. The van der Waals surface area contributed by atoms with Gasteiger partial charge in [0.2, 0.25) is 0 Å². The van der Waals surface area contributed by atoms with Crippen LogP contribution in [0.3, 0.4) is 0 Å². The molecule has 1 aromatic rings. The molecule has 0 radical (unpaired) electrons. The first-order chi connectivity index (χ1) is 8.78. The summed E-state index contributed by atoms with van der Waals surface area (Å²) in [5.74, 6) is 1.35. The first-order valence-electron chi connectivity index (χ1n) is 6.66. The average Bonchev–Trinajstić information content (AvgIpc) is 2.44. The van der Waals surface area contributed by atoms with Crippen molar-refractivity contribution in [2.75, 3.05) is 20.2 Å². The predicted molar refractivity (Wildman–Crippen MR) is 70.4 cm³/mol. The molecule has 3 saturated heterocycles. The fraction of sp³-hybridized carbons (Fsp3) is 0.467. The number of piperidine rings is 3. The zero-order chi connectivity index (χ0) is 12.5. The molecule has 96 valence electrons. The van der Waals surface area contributed by atoms with Gasteiger partial charge in [0.25, 0.3) is 0 Å². The Morgan fingerprint density at radius 1 is 1.22 bits per heavy atom. The Hall–Kier alpha value is -1.32. The Labute approximate surface area is 108 Å². The zero-order valence-electron chi connectivity index (χ0n) is 10.7. The summed E-state index contributed by atoms with van der Waals surface area (Å²) in [5, 5.41) is 10.3. The van der Waals surface area contributed by atoms with Gasteiger partial charge in [0.05, 0.1) is 20.2 Å². The van der Waals surface area contributed by atoms with E-state index < -0.39 is 0 Å². The number of methoxy groups -OCH3 is 1. The molecular weight excluding hydrogens is 226 g/mol. The lowest BCUT2D eigenvalue weighted by Gasteiger charge is -2.41. The van der Waals surface area contributed by atoms with Gasteiger partial charge in [-0.3, -0.25) is 0 Å². The summed E-state index contributed by atoms with van der Waals surface area (Å²) in [7, 11) is 1.67. The normalized spacial score (nSPS) is 32.8. The predicted octanol–water partition coefficient (Wildman–Crippen LogP) is 0.705. The number of nitrogens with one attached hydrogen (secondary N) is 1. The van der Waals surface area contributed by atoms with E-state index in [2.05, 4.69) is 6.08 Å². The Balaban J connectivity index is 1.86. The van der Waals surface area contributed by atoms with Crippen LogP contribution >= 0.6 is 0 Å². The summed E-state index contributed by atoms with van der Waals surface area (Å²) in [6, 6.07) is 8.01. The van der Waals surface area contributed by atoms with Crippen molar-refractivity contribution in [3.05, 3.63) is 35.5 Å². The van der Waals surface area contributed by atoms with Crippen LogP contribution in [-0.4, -0.2) is 31.4 Å². The van der Waals surface area contributed by atoms with Gasteiger partial charge < -0.3 is 14.7 Å². The van der Waals surface area contributed by atoms with Crippen LogP contribution in [0.2, 0.25) is 0 Å². The molecule has 3 aliphatic heterocycles. The SMILES string of the molecule is COc1ccc(C=C2C(O)C3CC[NH+]2CC3)cc1. The van der Waals surface area contributed by atoms with Gasteiger partial charge >= 0.3 is 0 Å². The van der Waals surface area contributed by atoms with E-state index in [4.69, 9.17) is 4.74 Å². The molecule has 0 spiro atoms. The van der Waals surface area contributed by atoms with Gasteiger partial charge in [-0.2, -0.15) is 0 Å². The second kappa shape index (κ2) is 4.75. The topological polar surface area (TPSA) is 33.9 Å². The molecule has 3 nitrogen and oxygen atoms in total. The van der Waals surface area contributed by atoms with Crippen molar-refractivity contribution >= 4 is 6.08 Å². The van der Waals surface area contributed by atoms with E-state index >= 15 is 0 Å². The molecule has 3 aliphatic rings. The van der Waals surface area contributed by atoms with Crippen molar-refractivity contribution in [3.63, 3.8) is 0 Å². The standard InChI is InChI=1S/C15H19NO2/c1-18-13-4-2-11(3-5-13)10-14-15(17)12-6-8-16(14)9-7-12/h2-5,10,12,15,17H,6-9H2,1H3/p+1. The smallest absolute Gasteiger partial charge is 0.137 e. The van der Waals surface area contributed by atoms with Crippen molar-refractivity contribution in [3.8, 4) is 5.75 Å². The van der Waals surface area contributed by atoms with E-state index in [1.807, 2.05) is 24.3 Å². The number of aliphatic hydroxyl groups excluding tert-OH is 1. The summed E-state index contributed by atoms with van der Waals surface area (Å²) in [5.41, 5.74) is 2.31. The molecule has 0 aromatic heterocycles. The molecule has 2 N–H and O–H groups in total. The number of aliphatic hydroxyl groups is 1. The van der Waals surface area contributed by atoms with Crippen LogP contribution in [0.1, 0.15) is 18.4 Å². The van der Waals surface area contributed by atoms with E-state index in [0.29, 0.717) is 5.92 Å². The minimum atomic E-state index is -0.246. The maximum Gasteiger partial charge on any atom is 0.137 e. The van der Waals surface area contributed by atoms with Crippen LogP contribution in [0.15, 0.2) is 30.0 Å². The molecule has 3 heterocycles. The number of ether oxygens (including phenoxy) is 1. The van der Waals surface area contributed by atoms with Gasteiger partial charge in [0.15, 0.2) is 0 Å². The fourth-order valence-electron chi connectivity index (χ4n) is 3.12. The number of benzene rings is 1. The molecule has 0 saturated carbocycles. The van der Waals surface area contributed by atoms with Crippen LogP contribution in [0.25, 0.3) is 6.08 Å². The molecule has 4 rings (SSSR count).